The van der Waals surface area contributed by atoms with Gasteiger partial charge in [-0.3, -0.25) is 0 Å². The van der Waals surface area contributed by atoms with Crippen molar-refractivity contribution in [3.63, 3.8) is 0 Å². The zero-order chi connectivity index (χ0) is 14.7. The van der Waals surface area contributed by atoms with Gasteiger partial charge in [-0.15, -0.1) is 5.10 Å². The minimum atomic E-state index is -1.18. The molecule has 7 heteroatoms. The number of nitrogens with zero attached hydrogens (tertiary/aromatic N) is 3. The zero-order valence-electron chi connectivity index (χ0n) is 10.8. The van der Waals surface area contributed by atoms with E-state index in [9.17, 15) is 13.6 Å². The van der Waals surface area contributed by atoms with Gasteiger partial charge in [-0.05, 0) is 12.5 Å². The first kappa shape index (κ1) is 14.1. The molecule has 106 valence electrons. The number of carbonyl (C=O) groups is 1. The summed E-state index contributed by atoms with van der Waals surface area (Å²) in [6, 6.07) is 3.84. The Hall–Kier alpha value is -2.31. The highest BCUT2D eigenvalue weighted by Gasteiger charge is 2.19. The Kier molecular flexibility index (Phi) is 4.07. The molecule has 0 fully saturated rings. The van der Waals surface area contributed by atoms with E-state index in [1.165, 1.54) is 16.8 Å². The van der Waals surface area contributed by atoms with Crippen LogP contribution in [-0.2, 0) is 13.0 Å². The predicted molar refractivity (Wildman–Crippen MR) is 66.4 cm³/mol. The lowest BCUT2D eigenvalue weighted by Gasteiger charge is -2.07. The van der Waals surface area contributed by atoms with Gasteiger partial charge in [0, 0.05) is 5.56 Å². The monoisotopic (exact) mass is 281 g/mol. The first-order valence-corrected chi connectivity index (χ1v) is 6.13. The van der Waals surface area contributed by atoms with Crippen LogP contribution in [0.1, 0.15) is 35.1 Å². The smallest absolute Gasteiger partial charge is 0.358 e. The van der Waals surface area contributed by atoms with E-state index in [1.54, 1.807) is 0 Å². The number of benzene rings is 1. The molecule has 0 atom stereocenters. The number of aromatic nitrogens is 3. The van der Waals surface area contributed by atoms with Gasteiger partial charge in [-0.2, -0.15) is 0 Å². The zero-order valence-corrected chi connectivity index (χ0v) is 10.8. The molecule has 0 radical (unpaired) electrons. The number of carboxylic acid groups (broad SMARTS) is 1. The van der Waals surface area contributed by atoms with Gasteiger partial charge >= 0.3 is 5.97 Å². The van der Waals surface area contributed by atoms with Gasteiger partial charge in [0.1, 0.15) is 0 Å². The quantitative estimate of drug-likeness (QED) is 0.912. The van der Waals surface area contributed by atoms with Gasteiger partial charge in [0.05, 0.1) is 12.2 Å². The summed E-state index contributed by atoms with van der Waals surface area (Å²) in [4.78, 5) is 11.0. The summed E-state index contributed by atoms with van der Waals surface area (Å²) in [5.74, 6) is -3.08. The first-order chi connectivity index (χ1) is 9.54. The van der Waals surface area contributed by atoms with Crippen LogP contribution >= 0.6 is 0 Å². The molecule has 0 spiro atoms. The Morgan fingerprint density at radius 2 is 2.15 bits per heavy atom. The van der Waals surface area contributed by atoms with Crippen LogP contribution in [0.4, 0.5) is 8.78 Å². The number of halogens is 2. The first-order valence-electron chi connectivity index (χ1n) is 6.13. The van der Waals surface area contributed by atoms with Crippen LogP contribution in [0, 0.1) is 11.6 Å². The molecular weight excluding hydrogens is 268 g/mol. The SMILES string of the molecule is CCCc1c(C(=O)O)nnn1Cc1cccc(F)c1F. The number of rotatable bonds is 5. The molecule has 2 aromatic rings. The van der Waals surface area contributed by atoms with Gasteiger partial charge < -0.3 is 5.11 Å². The van der Waals surface area contributed by atoms with E-state index in [1.807, 2.05) is 6.92 Å². The van der Waals surface area contributed by atoms with Gasteiger partial charge in [0.2, 0.25) is 0 Å². The second-order valence-corrected chi connectivity index (χ2v) is 4.31. The van der Waals surface area contributed by atoms with Crippen molar-refractivity contribution in [3.8, 4) is 0 Å². The molecule has 0 saturated heterocycles. The summed E-state index contributed by atoms with van der Waals surface area (Å²) in [7, 11) is 0. The topological polar surface area (TPSA) is 68.0 Å². The van der Waals surface area contributed by atoms with Crippen molar-refractivity contribution < 1.29 is 18.7 Å². The molecule has 0 amide bonds. The molecule has 2 rings (SSSR count). The van der Waals surface area contributed by atoms with Crippen molar-refractivity contribution in [2.75, 3.05) is 0 Å². The maximum Gasteiger partial charge on any atom is 0.358 e. The third-order valence-electron chi connectivity index (χ3n) is 2.88. The van der Waals surface area contributed by atoms with Crippen molar-refractivity contribution >= 4 is 5.97 Å². The summed E-state index contributed by atoms with van der Waals surface area (Å²) in [5, 5.41) is 16.3. The Bertz CT molecular complexity index is 641. The lowest BCUT2D eigenvalue weighted by Crippen LogP contribution is -2.10. The van der Waals surface area contributed by atoms with Crippen LogP contribution < -0.4 is 0 Å². The normalized spacial score (nSPS) is 10.8. The summed E-state index contributed by atoms with van der Waals surface area (Å²) < 4.78 is 28.1. The van der Waals surface area contributed by atoms with Crippen molar-refractivity contribution in [3.05, 3.63) is 46.8 Å². The number of hydrogen-bond acceptors (Lipinski definition) is 3. The van der Waals surface area contributed by atoms with Crippen LogP contribution in [0.3, 0.4) is 0 Å². The van der Waals surface area contributed by atoms with Gasteiger partial charge in [0.15, 0.2) is 17.3 Å². The molecule has 0 aliphatic heterocycles. The molecule has 1 aromatic carbocycles. The molecule has 0 aliphatic carbocycles. The summed E-state index contributed by atoms with van der Waals surface area (Å²) in [6.07, 6.45) is 1.14. The van der Waals surface area contributed by atoms with Crippen LogP contribution in [-0.4, -0.2) is 26.1 Å². The Morgan fingerprint density at radius 3 is 2.80 bits per heavy atom. The van der Waals surface area contributed by atoms with E-state index in [-0.39, 0.29) is 17.8 Å². The van der Waals surface area contributed by atoms with Crippen LogP contribution in [0.15, 0.2) is 18.2 Å². The molecule has 0 saturated carbocycles. The summed E-state index contributed by atoms with van der Waals surface area (Å²) in [6.45, 7) is 1.82. The Balaban J connectivity index is 2.38. The third kappa shape index (κ3) is 2.66. The molecule has 0 unspecified atom stereocenters. The van der Waals surface area contributed by atoms with E-state index < -0.39 is 17.6 Å². The second-order valence-electron chi connectivity index (χ2n) is 4.31. The van der Waals surface area contributed by atoms with Crippen LogP contribution in [0.5, 0.6) is 0 Å². The molecule has 20 heavy (non-hydrogen) atoms. The maximum absolute atomic E-state index is 13.6. The van der Waals surface area contributed by atoms with Crippen LogP contribution in [0.2, 0.25) is 0 Å². The highest BCUT2D eigenvalue weighted by atomic mass is 19.2. The predicted octanol–water partition coefficient (Wildman–Crippen LogP) is 2.26. The van der Waals surface area contributed by atoms with Crippen molar-refractivity contribution in [1.82, 2.24) is 15.0 Å². The summed E-state index contributed by atoms with van der Waals surface area (Å²) >= 11 is 0. The Labute approximate surface area is 113 Å². The van der Waals surface area contributed by atoms with Crippen molar-refractivity contribution in [2.24, 2.45) is 0 Å². The van der Waals surface area contributed by atoms with E-state index in [0.29, 0.717) is 18.5 Å². The molecule has 1 aromatic heterocycles. The van der Waals surface area contributed by atoms with Crippen LogP contribution in [0.25, 0.3) is 0 Å². The second kappa shape index (κ2) is 5.77. The standard InChI is InChI=1S/C13H13F2N3O2/c1-2-4-10-12(13(19)20)16-17-18(10)7-8-5-3-6-9(14)11(8)15/h3,5-6H,2,4,7H2,1H3,(H,19,20). The minimum absolute atomic E-state index is 0.0563. The van der Waals surface area contributed by atoms with Crippen molar-refractivity contribution in [1.29, 1.82) is 0 Å². The Morgan fingerprint density at radius 1 is 1.40 bits per heavy atom. The number of hydrogen-bond donors (Lipinski definition) is 1. The lowest BCUT2D eigenvalue weighted by molar-refractivity contribution is 0.0689. The fourth-order valence-electron chi connectivity index (χ4n) is 1.94. The van der Waals surface area contributed by atoms with Gasteiger partial charge in [-0.25, -0.2) is 18.3 Å². The average Bonchev–Trinajstić information content (AvgIpc) is 2.79. The lowest BCUT2D eigenvalue weighted by atomic mass is 10.1. The molecular formula is C13H13F2N3O2. The average molecular weight is 281 g/mol. The molecule has 0 aliphatic rings. The van der Waals surface area contributed by atoms with Gasteiger partial charge in [0.25, 0.3) is 0 Å². The number of carboxylic acids is 1. The maximum atomic E-state index is 13.6. The largest absolute Gasteiger partial charge is 0.476 e. The van der Waals surface area contributed by atoms with Gasteiger partial charge in [-0.1, -0.05) is 30.7 Å². The fourth-order valence-corrected chi connectivity index (χ4v) is 1.94. The van der Waals surface area contributed by atoms with E-state index in [4.69, 9.17) is 5.11 Å². The van der Waals surface area contributed by atoms with E-state index in [2.05, 4.69) is 10.3 Å². The molecule has 5 nitrogen and oxygen atoms in total. The number of aromatic carboxylic acids is 1. The highest BCUT2D eigenvalue weighted by molar-refractivity contribution is 5.86. The van der Waals surface area contributed by atoms with Crippen molar-refractivity contribution in [2.45, 2.75) is 26.3 Å². The van der Waals surface area contributed by atoms with E-state index in [0.717, 1.165) is 6.07 Å². The molecule has 1 heterocycles. The van der Waals surface area contributed by atoms with E-state index >= 15 is 0 Å². The third-order valence-corrected chi connectivity index (χ3v) is 2.88. The molecule has 1 N–H and O–H groups in total. The highest BCUT2D eigenvalue weighted by Crippen LogP contribution is 2.15. The fraction of sp³-hybridized carbons (Fsp3) is 0.308. The molecule has 0 bridgehead atoms. The summed E-state index contributed by atoms with van der Waals surface area (Å²) in [5.41, 5.74) is 0.358. The minimum Gasteiger partial charge on any atom is -0.476 e.